The van der Waals surface area contributed by atoms with E-state index in [1.807, 2.05) is 18.7 Å². The SMILES string of the molecule is CCC1(CO)CCN(C(=O)NCCCc2c(C)noc2C)CC1. The van der Waals surface area contributed by atoms with E-state index in [0.717, 1.165) is 62.2 Å². The molecule has 0 spiro atoms. The van der Waals surface area contributed by atoms with Crippen molar-refractivity contribution in [1.29, 1.82) is 0 Å². The first kappa shape index (κ1) is 17.8. The quantitative estimate of drug-likeness (QED) is 0.788. The number of carbonyl (C=O) groups excluding carboxylic acids is 1. The number of piperidine rings is 1. The van der Waals surface area contributed by atoms with E-state index < -0.39 is 0 Å². The molecule has 2 amide bonds. The number of hydrogen-bond acceptors (Lipinski definition) is 4. The van der Waals surface area contributed by atoms with E-state index in [-0.39, 0.29) is 18.1 Å². The third-order valence-corrected chi connectivity index (χ3v) is 5.26. The van der Waals surface area contributed by atoms with Crippen LogP contribution in [0.4, 0.5) is 4.79 Å². The fourth-order valence-electron chi connectivity index (χ4n) is 3.24. The maximum absolute atomic E-state index is 12.2. The summed E-state index contributed by atoms with van der Waals surface area (Å²) in [6.07, 6.45) is 4.47. The second-order valence-corrected chi connectivity index (χ2v) is 6.64. The summed E-state index contributed by atoms with van der Waals surface area (Å²) in [5.41, 5.74) is 2.10. The monoisotopic (exact) mass is 323 g/mol. The summed E-state index contributed by atoms with van der Waals surface area (Å²) < 4.78 is 5.14. The predicted octanol–water partition coefficient (Wildman–Crippen LogP) is 2.42. The van der Waals surface area contributed by atoms with Crippen molar-refractivity contribution in [1.82, 2.24) is 15.4 Å². The van der Waals surface area contributed by atoms with Crippen molar-refractivity contribution in [2.24, 2.45) is 5.41 Å². The Morgan fingerprint density at radius 3 is 2.61 bits per heavy atom. The maximum Gasteiger partial charge on any atom is 0.317 e. The third kappa shape index (κ3) is 4.25. The van der Waals surface area contributed by atoms with Gasteiger partial charge in [0.1, 0.15) is 5.76 Å². The van der Waals surface area contributed by atoms with Crippen LogP contribution in [0.15, 0.2) is 4.52 Å². The Morgan fingerprint density at radius 1 is 1.39 bits per heavy atom. The highest BCUT2D eigenvalue weighted by Crippen LogP contribution is 2.34. The standard InChI is InChI=1S/C17H29N3O3/c1-4-17(12-21)7-10-20(11-8-17)16(22)18-9-5-6-15-13(2)19-23-14(15)3/h21H,4-12H2,1-3H3,(H,18,22). The molecule has 6 heteroatoms. The van der Waals surface area contributed by atoms with Crippen LogP contribution in [0.2, 0.25) is 0 Å². The minimum atomic E-state index is 0.00593. The van der Waals surface area contributed by atoms with Gasteiger partial charge in [0.25, 0.3) is 0 Å². The summed E-state index contributed by atoms with van der Waals surface area (Å²) in [5.74, 6) is 0.866. The molecule has 1 aliphatic heterocycles. The lowest BCUT2D eigenvalue weighted by Crippen LogP contribution is -2.48. The third-order valence-electron chi connectivity index (χ3n) is 5.26. The van der Waals surface area contributed by atoms with Crippen LogP contribution < -0.4 is 5.32 Å². The van der Waals surface area contributed by atoms with Gasteiger partial charge in [-0.15, -0.1) is 0 Å². The predicted molar refractivity (Wildman–Crippen MR) is 88.3 cm³/mol. The van der Waals surface area contributed by atoms with Crippen LogP contribution in [0.1, 0.15) is 49.6 Å². The first-order valence-electron chi connectivity index (χ1n) is 8.57. The van der Waals surface area contributed by atoms with Crippen LogP contribution in [0, 0.1) is 19.3 Å². The maximum atomic E-state index is 12.2. The number of aliphatic hydroxyl groups is 1. The Bertz CT molecular complexity index is 494. The smallest absolute Gasteiger partial charge is 0.317 e. The van der Waals surface area contributed by atoms with Crippen LogP contribution in [-0.4, -0.2) is 47.4 Å². The number of aryl methyl sites for hydroxylation is 2. The number of rotatable bonds is 6. The van der Waals surface area contributed by atoms with Gasteiger partial charge in [0.2, 0.25) is 0 Å². The van der Waals surface area contributed by atoms with Crippen LogP contribution >= 0.6 is 0 Å². The average Bonchev–Trinajstić information content (AvgIpc) is 2.90. The van der Waals surface area contributed by atoms with Gasteiger partial charge in [0.15, 0.2) is 0 Å². The number of aromatic nitrogens is 1. The van der Waals surface area contributed by atoms with Crippen LogP contribution in [0.5, 0.6) is 0 Å². The van der Waals surface area contributed by atoms with Gasteiger partial charge in [-0.3, -0.25) is 0 Å². The average molecular weight is 323 g/mol. The zero-order chi connectivity index (χ0) is 16.9. The summed E-state index contributed by atoms with van der Waals surface area (Å²) >= 11 is 0. The van der Waals surface area contributed by atoms with Gasteiger partial charge < -0.3 is 19.8 Å². The molecule has 0 saturated carbocycles. The van der Waals surface area contributed by atoms with Gasteiger partial charge in [-0.2, -0.15) is 0 Å². The molecule has 1 aromatic heterocycles. The first-order valence-corrected chi connectivity index (χ1v) is 8.57. The summed E-state index contributed by atoms with van der Waals surface area (Å²) in [6, 6.07) is 0.00593. The zero-order valence-electron chi connectivity index (χ0n) is 14.5. The van der Waals surface area contributed by atoms with E-state index in [1.54, 1.807) is 0 Å². The molecule has 2 heterocycles. The number of urea groups is 1. The topological polar surface area (TPSA) is 78.6 Å². The molecule has 0 aliphatic carbocycles. The highest BCUT2D eigenvalue weighted by atomic mass is 16.5. The van der Waals surface area contributed by atoms with Crippen molar-refractivity contribution in [2.75, 3.05) is 26.2 Å². The molecule has 0 unspecified atom stereocenters. The van der Waals surface area contributed by atoms with Gasteiger partial charge in [0, 0.05) is 31.8 Å². The molecule has 2 rings (SSSR count). The number of nitrogens with zero attached hydrogens (tertiary/aromatic N) is 2. The molecule has 2 N–H and O–H groups in total. The summed E-state index contributed by atoms with van der Waals surface area (Å²) in [5, 5.41) is 16.5. The fraction of sp³-hybridized carbons (Fsp3) is 0.765. The van der Waals surface area contributed by atoms with Gasteiger partial charge >= 0.3 is 6.03 Å². The van der Waals surface area contributed by atoms with Crippen LogP contribution in [0.3, 0.4) is 0 Å². The Kier molecular flexibility index (Phi) is 6.04. The molecular weight excluding hydrogens is 294 g/mol. The number of nitrogens with one attached hydrogen (secondary N) is 1. The molecule has 1 aliphatic rings. The van der Waals surface area contributed by atoms with Crippen molar-refractivity contribution >= 4 is 6.03 Å². The Hall–Kier alpha value is -1.56. The van der Waals surface area contributed by atoms with Crippen molar-refractivity contribution in [2.45, 2.75) is 52.9 Å². The highest BCUT2D eigenvalue weighted by Gasteiger charge is 2.33. The van der Waals surface area contributed by atoms with Crippen molar-refractivity contribution in [3.8, 4) is 0 Å². The molecule has 1 fully saturated rings. The number of likely N-dealkylation sites (tertiary alicyclic amines) is 1. The highest BCUT2D eigenvalue weighted by molar-refractivity contribution is 5.74. The summed E-state index contributed by atoms with van der Waals surface area (Å²) in [6.45, 7) is 8.30. The first-order chi connectivity index (χ1) is 11.0. The second kappa shape index (κ2) is 7.81. The summed E-state index contributed by atoms with van der Waals surface area (Å²) in [4.78, 5) is 14.1. The van der Waals surface area contributed by atoms with E-state index in [2.05, 4.69) is 17.4 Å². The van der Waals surface area contributed by atoms with E-state index in [9.17, 15) is 9.90 Å². The van der Waals surface area contributed by atoms with Crippen molar-refractivity contribution in [3.05, 3.63) is 17.0 Å². The number of hydrogen-bond donors (Lipinski definition) is 2. The van der Waals surface area contributed by atoms with Gasteiger partial charge in [-0.1, -0.05) is 12.1 Å². The molecule has 0 radical (unpaired) electrons. The molecule has 0 atom stereocenters. The van der Waals surface area contributed by atoms with Crippen molar-refractivity contribution < 1.29 is 14.4 Å². The Labute approximate surface area is 138 Å². The number of aliphatic hydroxyl groups excluding tert-OH is 1. The minimum absolute atomic E-state index is 0.00593. The van der Waals surface area contributed by atoms with E-state index in [1.165, 1.54) is 0 Å². The molecule has 6 nitrogen and oxygen atoms in total. The van der Waals surface area contributed by atoms with E-state index in [0.29, 0.717) is 6.54 Å². The molecule has 23 heavy (non-hydrogen) atoms. The largest absolute Gasteiger partial charge is 0.396 e. The van der Waals surface area contributed by atoms with E-state index in [4.69, 9.17) is 4.52 Å². The van der Waals surface area contributed by atoms with E-state index >= 15 is 0 Å². The lowest BCUT2D eigenvalue weighted by atomic mass is 9.77. The van der Waals surface area contributed by atoms with Gasteiger partial charge in [0.05, 0.1) is 5.69 Å². The zero-order valence-corrected chi connectivity index (χ0v) is 14.5. The van der Waals surface area contributed by atoms with Gasteiger partial charge in [-0.05, 0) is 51.4 Å². The lowest BCUT2D eigenvalue weighted by molar-refractivity contribution is 0.0520. The summed E-state index contributed by atoms with van der Waals surface area (Å²) in [7, 11) is 0. The van der Waals surface area contributed by atoms with Crippen LogP contribution in [-0.2, 0) is 6.42 Å². The van der Waals surface area contributed by atoms with Crippen LogP contribution in [0.25, 0.3) is 0 Å². The Morgan fingerprint density at radius 2 is 2.09 bits per heavy atom. The molecule has 1 saturated heterocycles. The molecule has 1 aromatic rings. The Balaban J connectivity index is 1.70. The lowest BCUT2D eigenvalue weighted by Gasteiger charge is -2.40. The molecule has 0 bridgehead atoms. The number of carbonyl (C=O) groups is 1. The molecular formula is C17H29N3O3. The van der Waals surface area contributed by atoms with Crippen molar-refractivity contribution in [3.63, 3.8) is 0 Å². The number of amides is 2. The fourth-order valence-corrected chi connectivity index (χ4v) is 3.24. The second-order valence-electron chi connectivity index (χ2n) is 6.64. The molecule has 130 valence electrons. The normalized spacial score (nSPS) is 17.3. The van der Waals surface area contributed by atoms with Gasteiger partial charge in [-0.25, -0.2) is 4.79 Å². The molecule has 0 aromatic carbocycles. The minimum Gasteiger partial charge on any atom is -0.396 e.